The standard InChI is InChI=1S/C14H13IN2OS/c15-13-7-11(9-19-13)14(18)17-6-2-4-12(17)10-3-1-5-16-8-10/h1,3,5,7-9,12H,2,4,6H2. The number of carbonyl (C=O) groups excluding carboxylic acids is 1. The Morgan fingerprint density at radius 2 is 2.42 bits per heavy atom. The topological polar surface area (TPSA) is 33.2 Å². The van der Waals surface area contributed by atoms with Crippen LogP contribution in [0.5, 0.6) is 0 Å². The van der Waals surface area contributed by atoms with Crippen molar-refractivity contribution in [3.63, 3.8) is 0 Å². The maximum atomic E-state index is 12.6. The molecule has 2 aromatic heterocycles. The molecule has 0 spiro atoms. The van der Waals surface area contributed by atoms with Crippen LogP contribution in [0.2, 0.25) is 0 Å². The fourth-order valence-electron chi connectivity index (χ4n) is 2.52. The minimum absolute atomic E-state index is 0.144. The highest BCUT2D eigenvalue weighted by Crippen LogP contribution is 2.33. The average Bonchev–Trinajstić information content (AvgIpc) is 3.07. The summed E-state index contributed by atoms with van der Waals surface area (Å²) in [7, 11) is 0. The zero-order valence-corrected chi connectivity index (χ0v) is 13.2. The van der Waals surface area contributed by atoms with Crippen molar-refractivity contribution < 1.29 is 4.79 Å². The van der Waals surface area contributed by atoms with Gasteiger partial charge in [-0.3, -0.25) is 9.78 Å². The van der Waals surface area contributed by atoms with Gasteiger partial charge in [0, 0.05) is 24.3 Å². The van der Waals surface area contributed by atoms with Gasteiger partial charge in [0.2, 0.25) is 0 Å². The highest BCUT2D eigenvalue weighted by atomic mass is 127. The van der Waals surface area contributed by atoms with Crippen molar-refractivity contribution in [3.8, 4) is 0 Å². The number of halogens is 1. The minimum atomic E-state index is 0.144. The second kappa shape index (κ2) is 5.58. The molecule has 1 unspecified atom stereocenters. The van der Waals surface area contributed by atoms with E-state index in [2.05, 4.69) is 33.6 Å². The second-order valence-electron chi connectivity index (χ2n) is 4.58. The lowest BCUT2D eigenvalue weighted by atomic mass is 10.1. The fraction of sp³-hybridized carbons (Fsp3) is 0.286. The first-order valence-corrected chi connectivity index (χ1v) is 8.16. The van der Waals surface area contributed by atoms with Gasteiger partial charge in [-0.15, -0.1) is 11.3 Å². The van der Waals surface area contributed by atoms with Gasteiger partial charge in [-0.25, -0.2) is 0 Å². The summed E-state index contributed by atoms with van der Waals surface area (Å²) in [6, 6.07) is 6.13. The van der Waals surface area contributed by atoms with Gasteiger partial charge in [-0.1, -0.05) is 6.07 Å². The van der Waals surface area contributed by atoms with Gasteiger partial charge >= 0.3 is 0 Å². The van der Waals surface area contributed by atoms with Crippen LogP contribution in [0.15, 0.2) is 36.0 Å². The highest BCUT2D eigenvalue weighted by molar-refractivity contribution is 14.1. The molecule has 3 heterocycles. The Bertz CT molecular complexity index is 584. The van der Waals surface area contributed by atoms with E-state index in [1.54, 1.807) is 17.5 Å². The predicted molar refractivity (Wildman–Crippen MR) is 84.3 cm³/mol. The van der Waals surface area contributed by atoms with E-state index in [4.69, 9.17) is 0 Å². The van der Waals surface area contributed by atoms with E-state index in [9.17, 15) is 4.79 Å². The Hall–Kier alpha value is -0.950. The Morgan fingerprint density at radius 3 is 3.11 bits per heavy atom. The number of likely N-dealkylation sites (tertiary alicyclic amines) is 1. The van der Waals surface area contributed by atoms with E-state index >= 15 is 0 Å². The fourth-order valence-corrected chi connectivity index (χ4v) is 3.84. The Labute approximate surface area is 129 Å². The van der Waals surface area contributed by atoms with Crippen LogP contribution in [0.1, 0.15) is 34.8 Å². The van der Waals surface area contributed by atoms with E-state index in [1.165, 1.54) is 0 Å². The highest BCUT2D eigenvalue weighted by Gasteiger charge is 2.30. The molecule has 0 aromatic carbocycles. The zero-order valence-electron chi connectivity index (χ0n) is 10.3. The Kier molecular flexibility index (Phi) is 3.83. The van der Waals surface area contributed by atoms with Crippen LogP contribution < -0.4 is 0 Å². The van der Waals surface area contributed by atoms with Gasteiger partial charge in [0.25, 0.3) is 5.91 Å². The van der Waals surface area contributed by atoms with Crippen molar-refractivity contribution in [2.45, 2.75) is 18.9 Å². The summed E-state index contributed by atoms with van der Waals surface area (Å²) >= 11 is 3.87. The monoisotopic (exact) mass is 384 g/mol. The number of thiophene rings is 1. The maximum Gasteiger partial charge on any atom is 0.255 e. The van der Waals surface area contributed by atoms with Gasteiger partial charge < -0.3 is 4.90 Å². The molecular weight excluding hydrogens is 371 g/mol. The molecule has 3 nitrogen and oxygen atoms in total. The third-order valence-corrected chi connectivity index (χ3v) is 5.19. The largest absolute Gasteiger partial charge is 0.332 e. The number of amides is 1. The maximum absolute atomic E-state index is 12.6. The molecule has 1 amide bonds. The number of hydrogen-bond acceptors (Lipinski definition) is 3. The normalized spacial score (nSPS) is 18.8. The van der Waals surface area contributed by atoms with E-state index < -0.39 is 0 Å². The van der Waals surface area contributed by atoms with Crippen LogP contribution in [0.25, 0.3) is 0 Å². The molecule has 1 saturated heterocycles. The molecule has 3 rings (SSSR count). The molecule has 1 atom stereocenters. The van der Waals surface area contributed by atoms with Crippen LogP contribution in [-0.4, -0.2) is 22.3 Å². The van der Waals surface area contributed by atoms with Crippen LogP contribution in [0.3, 0.4) is 0 Å². The number of nitrogens with zero attached hydrogens (tertiary/aromatic N) is 2. The molecule has 1 fully saturated rings. The first-order chi connectivity index (χ1) is 9.25. The minimum Gasteiger partial charge on any atom is -0.332 e. The molecule has 1 aliphatic heterocycles. The third kappa shape index (κ3) is 2.67. The molecule has 1 aliphatic rings. The van der Waals surface area contributed by atoms with Crippen molar-refractivity contribution >= 4 is 39.8 Å². The smallest absolute Gasteiger partial charge is 0.255 e. The van der Waals surface area contributed by atoms with Crippen molar-refractivity contribution in [3.05, 3.63) is 50.0 Å². The van der Waals surface area contributed by atoms with Gasteiger partial charge in [-0.05, 0) is 53.1 Å². The number of carbonyl (C=O) groups is 1. The lowest BCUT2D eigenvalue weighted by molar-refractivity contribution is 0.0736. The number of rotatable bonds is 2. The zero-order chi connectivity index (χ0) is 13.2. The molecule has 0 saturated carbocycles. The molecular formula is C14H13IN2OS. The van der Waals surface area contributed by atoms with Crippen LogP contribution in [-0.2, 0) is 0 Å². The molecule has 2 aromatic rings. The van der Waals surface area contributed by atoms with E-state index in [0.717, 1.165) is 33.4 Å². The molecule has 0 aliphatic carbocycles. The summed E-state index contributed by atoms with van der Waals surface area (Å²) in [6.45, 7) is 0.838. The summed E-state index contributed by atoms with van der Waals surface area (Å²) in [5, 5.41) is 1.95. The Morgan fingerprint density at radius 1 is 1.53 bits per heavy atom. The van der Waals surface area contributed by atoms with E-state index in [0.29, 0.717) is 0 Å². The molecule has 19 heavy (non-hydrogen) atoms. The van der Waals surface area contributed by atoms with Crippen LogP contribution in [0, 0.1) is 2.88 Å². The van der Waals surface area contributed by atoms with Crippen molar-refractivity contribution in [2.75, 3.05) is 6.54 Å². The molecule has 0 N–H and O–H groups in total. The summed E-state index contributed by atoms with van der Waals surface area (Å²) < 4.78 is 1.15. The first-order valence-electron chi connectivity index (χ1n) is 6.20. The Balaban J connectivity index is 1.86. The summed E-state index contributed by atoms with van der Waals surface area (Å²) in [6.07, 6.45) is 5.73. The molecule has 5 heteroatoms. The third-order valence-electron chi connectivity index (χ3n) is 3.40. The van der Waals surface area contributed by atoms with Crippen LogP contribution in [0.4, 0.5) is 0 Å². The lowest BCUT2D eigenvalue weighted by Gasteiger charge is -2.24. The average molecular weight is 384 g/mol. The summed E-state index contributed by atoms with van der Waals surface area (Å²) in [5.41, 5.74) is 1.95. The lowest BCUT2D eigenvalue weighted by Crippen LogP contribution is -2.30. The van der Waals surface area contributed by atoms with E-state index in [-0.39, 0.29) is 11.9 Å². The number of aromatic nitrogens is 1. The van der Waals surface area contributed by atoms with E-state index in [1.807, 2.05) is 28.6 Å². The van der Waals surface area contributed by atoms with Crippen molar-refractivity contribution in [1.82, 2.24) is 9.88 Å². The van der Waals surface area contributed by atoms with Crippen LogP contribution >= 0.6 is 33.9 Å². The van der Waals surface area contributed by atoms with Gasteiger partial charge in [0.15, 0.2) is 0 Å². The second-order valence-corrected chi connectivity index (χ2v) is 7.39. The molecule has 0 bridgehead atoms. The summed E-state index contributed by atoms with van der Waals surface area (Å²) in [5.74, 6) is 0.144. The quantitative estimate of drug-likeness (QED) is 0.740. The van der Waals surface area contributed by atoms with Gasteiger partial charge in [0.05, 0.1) is 14.5 Å². The summed E-state index contributed by atoms with van der Waals surface area (Å²) in [4.78, 5) is 18.7. The molecule has 0 radical (unpaired) electrons. The SMILES string of the molecule is O=C(c1csc(I)c1)N1CCCC1c1cccnc1. The predicted octanol–water partition coefficient (Wildman–Crippen LogP) is 3.73. The molecule has 98 valence electrons. The number of hydrogen-bond donors (Lipinski definition) is 0. The van der Waals surface area contributed by atoms with Gasteiger partial charge in [-0.2, -0.15) is 0 Å². The van der Waals surface area contributed by atoms with Crippen molar-refractivity contribution in [2.24, 2.45) is 0 Å². The number of pyridine rings is 1. The first kappa shape index (κ1) is 13.1. The van der Waals surface area contributed by atoms with Crippen molar-refractivity contribution in [1.29, 1.82) is 0 Å². The van der Waals surface area contributed by atoms with Gasteiger partial charge in [0.1, 0.15) is 0 Å².